The molecule has 0 nitrogen and oxygen atoms in total. The standard InChI is InChI=1S/C24H51B/c1-22(2)16-10-7-13-19-25(20-14-8-11-17-23(3)4)21-15-9-12-18-24(5)6/h22-24H,7-21H2,1-6H3. The van der Waals surface area contributed by atoms with E-state index in [1.165, 1.54) is 96.0 Å². The van der Waals surface area contributed by atoms with E-state index in [1.54, 1.807) is 0 Å². The van der Waals surface area contributed by atoms with E-state index in [0.29, 0.717) is 0 Å². The normalized spacial score (nSPS) is 11.9. The predicted molar refractivity (Wildman–Crippen MR) is 120 cm³/mol. The van der Waals surface area contributed by atoms with E-state index in [4.69, 9.17) is 0 Å². The zero-order chi connectivity index (χ0) is 18.9. The van der Waals surface area contributed by atoms with Crippen LogP contribution in [-0.2, 0) is 0 Å². The van der Waals surface area contributed by atoms with Gasteiger partial charge < -0.3 is 0 Å². The predicted octanol–water partition coefficient (Wildman–Crippen LogP) is 9.13. The van der Waals surface area contributed by atoms with Crippen LogP contribution in [0.4, 0.5) is 0 Å². The lowest BCUT2D eigenvalue weighted by Crippen LogP contribution is -2.12. The molecular formula is C24H51B. The van der Waals surface area contributed by atoms with E-state index in [2.05, 4.69) is 41.5 Å². The molecule has 0 N–H and O–H groups in total. The molecule has 0 aromatic rings. The summed E-state index contributed by atoms with van der Waals surface area (Å²) in [7, 11) is 0. The van der Waals surface area contributed by atoms with Crippen molar-refractivity contribution in [1.29, 1.82) is 0 Å². The van der Waals surface area contributed by atoms with Crippen LogP contribution < -0.4 is 0 Å². The lowest BCUT2D eigenvalue weighted by Gasteiger charge is -2.14. The smallest absolute Gasteiger partial charge is 0.0741 e. The molecular weight excluding hydrogens is 299 g/mol. The Morgan fingerprint density at radius 2 is 0.680 bits per heavy atom. The Labute approximate surface area is 162 Å². The van der Waals surface area contributed by atoms with Gasteiger partial charge in [-0.05, 0) is 17.8 Å². The fraction of sp³-hybridized carbons (Fsp3) is 1.00. The van der Waals surface area contributed by atoms with Crippen molar-refractivity contribution < 1.29 is 0 Å². The first-order chi connectivity index (χ1) is 11.9. The highest BCUT2D eigenvalue weighted by Gasteiger charge is 2.13. The van der Waals surface area contributed by atoms with Gasteiger partial charge in [0.05, 0.1) is 0 Å². The van der Waals surface area contributed by atoms with Crippen molar-refractivity contribution in [2.45, 2.75) is 138 Å². The van der Waals surface area contributed by atoms with E-state index >= 15 is 0 Å². The second kappa shape index (κ2) is 17.5. The molecule has 0 saturated carbocycles. The van der Waals surface area contributed by atoms with Crippen molar-refractivity contribution >= 4 is 6.71 Å². The molecule has 0 saturated heterocycles. The van der Waals surface area contributed by atoms with Crippen molar-refractivity contribution in [3.05, 3.63) is 0 Å². The Hall–Kier alpha value is 0.0649. The minimum Gasteiger partial charge on any atom is -0.0741 e. The number of rotatable bonds is 18. The third-order valence-electron chi connectivity index (χ3n) is 5.68. The molecule has 25 heavy (non-hydrogen) atoms. The van der Waals surface area contributed by atoms with Crippen LogP contribution in [0.1, 0.15) is 119 Å². The van der Waals surface area contributed by atoms with Crippen molar-refractivity contribution in [2.75, 3.05) is 0 Å². The van der Waals surface area contributed by atoms with Crippen molar-refractivity contribution in [1.82, 2.24) is 0 Å². The van der Waals surface area contributed by atoms with Crippen LogP contribution in [0.25, 0.3) is 0 Å². The highest BCUT2D eigenvalue weighted by Crippen LogP contribution is 2.21. The van der Waals surface area contributed by atoms with Gasteiger partial charge in [-0.1, -0.05) is 138 Å². The molecule has 0 aliphatic rings. The van der Waals surface area contributed by atoms with Gasteiger partial charge in [0.25, 0.3) is 0 Å². The van der Waals surface area contributed by atoms with Crippen LogP contribution in [-0.4, -0.2) is 6.71 Å². The summed E-state index contributed by atoms with van der Waals surface area (Å²) in [6.07, 6.45) is 22.0. The first kappa shape index (κ1) is 25.1. The molecule has 0 spiro atoms. The van der Waals surface area contributed by atoms with Gasteiger partial charge in [0.15, 0.2) is 0 Å². The van der Waals surface area contributed by atoms with Crippen molar-refractivity contribution in [3.8, 4) is 0 Å². The average molecular weight is 350 g/mol. The zero-order valence-electron chi connectivity index (χ0n) is 18.9. The van der Waals surface area contributed by atoms with Gasteiger partial charge in [-0.25, -0.2) is 0 Å². The molecule has 0 heterocycles. The van der Waals surface area contributed by atoms with E-state index in [0.717, 1.165) is 24.5 Å². The fourth-order valence-corrected chi connectivity index (χ4v) is 3.92. The number of unbranched alkanes of at least 4 members (excludes halogenated alkanes) is 6. The third kappa shape index (κ3) is 20.2. The zero-order valence-corrected chi connectivity index (χ0v) is 18.9. The summed E-state index contributed by atoms with van der Waals surface area (Å²) in [6, 6.07) is 0. The Morgan fingerprint density at radius 1 is 0.400 bits per heavy atom. The molecule has 0 rings (SSSR count). The van der Waals surface area contributed by atoms with Crippen LogP contribution in [0, 0.1) is 17.8 Å². The molecule has 0 aromatic heterocycles. The van der Waals surface area contributed by atoms with Gasteiger partial charge in [-0.2, -0.15) is 0 Å². The first-order valence-corrected chi connectivity index (χ1v) is 11.9. The minimum absolute atomic E-state index is 0.887. The summed E-state index contributed by atoms with van der Waals surface area (Å²) < 4.78 is 0. The molecule has 150 valence electrons. The topological polar surface area (TPSA) is 0 Å². The molecule has 0 aliphatic carbocycles. The molecule has 1 heteroatoms. The van der Waals surface area contributed by atoms with Crippen LogP contribution in [0.5, 0.6) is 0 Å². The minimum atomic E-state index is 0.887. The Kier molecular flexibility index (Phi) is 17.5. The SMILES string of the molecule is CC(C)CCCCCB(CCCCCC(C)C)CCCCCC(C)C. The largest absolute Gasteiger partial charge is 0.139 e. The lowest BCUT2D eigenvalue weighted by molar-refractivity contribution is 0.528. The molecule has 0 bridgehead atoms. The lowest BCUT2D eigenvalue weighted by atomic mass is 9.41. The highest BCUT2D eigenvalue weighted by atomic mass is 14.0. The van der Waals surface area contributed by atoms with Gasteiger partial charge in [0.1, 0.15) is 6.71 Å². The quantitative estimate of drug-likeness (QED) is 0.171. The molecule has 0 radical (unpaired) electrons. The van der Waals surface area contributed by atoms with Gasteiger partial charge >= 0.3 is 0 Å². The van der Waals surface area contributed by atoms with Gasteiger partial charge in [-0.3, -0.25) is 0 Å². The first-order valence-electron chi connectivity index (χ1n) is 11.9. The van der Waals surface area contributed by atoms with Crippen LogP contribution in [0.15, 0.2) is 0 Å². The number of hydrogen-bond acceptors (Lipinski definition) is 0. The molecule has 0 aromatic carbocycles. The van der Waals surface area contributed by atoms with Gasteiger partial charge in [0.2, 0.25) is 0 Å². The highest BCUT2D eigenvalue weighted by molar-refractivity contribution is 6.58. The number of hydrogen-bond donors (Lipinski definition) is 0. The maximum atomic E-state index is 2.36. The maximum absolute atomic E-state index is 2.36. The van der Waals surface area contributed by atoms with Crippen molar-refractivity contribution in [2.24, 2.45) is 17.8 Å². The van der Waals surface area contributed by atoms with Crippen LogP contribution >= 0.6 is 0 Å². The molecule has 0 atom stereocenters. The summed E-state index contributed by atoms with van der Waals surface area (Å²) in [6.45, 7) is 15.2. The van der Waals surface area contributed by atoms with Gasteiger partial charge in [0, 0.05) is 0 Å². The van der Waals surface area contributed by atoms with Crippen LogP contribution in [0.3, 0.4) is 0 Å². The average Bonchev–Trinajstić information content (AvgIpc) is 2.52. The Morgan fingerprint density at radius 3 is 0.920 bits per heavy atom. The molecule has 0 amide bonds. The van der Waals surface area contributed by atoms with E-state index < -0.39 is 0 Å². The summed E-state index contributed by atoms with van der Waals surface area (Å²) in [4.78, 5) is 0. The van der Waals surface area contributed by atoms with Crippen LogP contribution in [0.2, 0.25) is 19.0 Å². The summed E-state index contributed by atoms with van der Waals surface area (Å²) >= 11 is 0. The van der Waals surface area contributed by atoms with E-state index in [9.17, 15) is 0 Å². The van der Waals surface area contributed by atoms with E-state index in [1.807, 2.05) is 0 Å². The monoisotopic (exact) mass is 350 g/mol. The fourth-order valence-electron chi connectivity index (χ4n) is 3.92. The summed E-state index contributed by atoms with van der Waals surface area (Å²) in [5.74, 6) is 2.66. The Bertz CT molecular complexity index is 214. The van der Waals surface area contributed by atoms with E-state index in [-0.39, 0.29) is 0 Å². The second-order valence-corrected chi connectivity index (χ2v) is 9.96. The maximum Gasteiger partial charge on any atom is 0.139 e. The van der Waals surface area contributed by atoms with Gasteiger partial charge in [-0.15, -0.1) is 0 Å². The second-order valence-electron chi connectivity index (χ2n) is 9.96. The molecule has 0 unspecified atom stereocenters. The molecule has 0 fully saturated rings. The van der Waals surface area contributed by atoms with Crippen molar-refractivity contribution in [3.63, 3.8) is 0 Å². The molecule has 0 aliphatic heterocycles. The third-order valence-corrected chi connectivity index (χ3v) is 5.68. The Balaban J connectivity index is 3.87. The summed E-state index contributed by atoms with van der Waals surface area (Å²) in [5.41, 5.74) is 0. The summed E-state index contributed by atoms with van der Waals surface area (Å²) in [5, 5.41) is 0.